The van der Waals surface area contributed by atoms with Crippen molar-refractivity contribution in [2.75, 3.05) is 6.54 Å². The first-order valence-corrected chi connectivity index (χ1v) is 7.85. The topological polar surface area (TPSA) is 81.7 Å². The third kappa shape index (κ3) is 3.67. The van der Waals surface area contributed by atoms with E-state index in [0.29, 0.717) is 13.0 Å². The average molecular weight is 297 g/mol. The highest BCUT2D eigenvalue weighted by Gasteiger charge is 2.51. The number of likely N-dealkylation sites (tertiary alicyclic amines) is 1. The van der Waals surface area contributed by atoms with E-state index in [2.05, 4.69) is 10.6 Å². The summed E-state index contributed by atoms with van der Waals surface area (Å²) in [6, 6.07) is 0.269. The number of rotatable bonds is 3. The Hall–Kier alpha value is -1.30. The SMILES string of the molecule is CC(C)(C)NC1(NC(=O)O)CCN(C2CCCCC2)C1=O. The summed E-state index contributed by atoms with van der Waals surface area (Å²) < 4.78 is 0. The van der Waals surface area contributed by atoms with Gasteiger partial charge in [0.15, 0.2) is 5.66 Å². The van der Waals surface area contributed by atoms with Crippen LogP contribution in [0.25, 0.3) is 0 Å². The summed E-state index contributed by atoms with van der Waals surface area (Å²) in [5.41, 5.74) is -1.53. The van der Waals surface area contributed by atoms with Crippen molar-refractivity contribution in [3.63, 3.8) is 0 Å². The molecule has 0 aromatic heterocycles. The van der Waals surface area contributed by atoms with Crippen molar-refractivity contribution in [1.29, 1.82) is 0 Å². The van der Waals surface area contributed by atoms with Gasteiger partial charge in [-0.05, 0) is 33.6 Å². The third-order valence-corrected chi connectivity index (χ3v) is 4.28. The molecule has 1 heterocycles. The van der Waals surface area contributed by atoms with Crippen LogP contribution in [0.4, 0.5) is 4.79 Å². The Kier molecular flexibility index (Phi) is 4.46. The molecule has 2 rings (SSSR count). The Labute approximate surface area is 126 Å². The number of carbonyl (C=O) groups is 2. The maximum Gasteiger partial charge on any atom is 0.406 e. The van der Waals surface area contributed by atoms with Gasteiger partial charge in [0.2, 0.25) is 0 Å². The predicted molar refractivity (Wildman–Crippen MR) is 80.0 cm³/mol. The number of amides is 2. The molecule has 2 aliphatic rings. The van der Waals surface area contributed by atoms with Crippen LogP contribution >= 0.6 is 0 Å². The lowest BCUT2D eigenvalue weighted by atomic mass is 9.94. The fourth-order valence-electron chi connectivity index (χ4n) is 3.57. The third-order valence-electron chi connectivity index (χ3n) is 4.28. The molecule has 6 nitrogen and oxygen atoms in total. The molecule has 1 atom stereocenters. The van der Waals surface area contributed by atoms with E-state index in [9.17, 15) is 9.59 Å². The van der Waals surface area contributed by atoms with E-state index in [0.717, 1.165) is 25.7 Å². The molecule has 1 aliphatic carbocycles. The molecular formula is C15H27N3O3. The number of nitrogens with one attached hydrogen (secondary N) is 2. The smallest absolute Gasteiger partial charge is 0.406 e. The van der Waals surface area contributed by atoms with E-state index >= 15 is 0 Å². The van der Waals surface area contributed by atoms with Crippen LogP contribution in [0.15, 0.2) is 0 Å². The van der Waals surface area contributed by atoms with Crippen molar-refractivity contribution in [3.8, 4) is 0 Å². The summed E-state index contributed by atoms with van der Waals surface area (Å²) in [6.45, 7) is 6.44. The van der Waals surface area contributed by atoms with E-state index < -0.39 is 11.8 Å². The molecule has 21 heavy (non-hydrogen) atoms. The van der Waals surface area contributed by atoms with Crippen LogP contribution < -0.4 is 10.6 Å². The van der Waals surface area contributed by atoms with Crippen molar-refractivity contribution in [2.24, 2.45) is 0 Å². The van der Waals surface area contributed by atoms with Crippen molar-refractivity contribution in [1.82, 2.24) is 15.5 Å². The van der Waals surface area contributed by atoms with E-state index in [1.54, 1.807) is 0 Å². The van der Waals surface area contributed by atoms with E-state index in [-0.39, 0.29) is 17.5 Å². The largest absolute Gasteiger partial charge is 0.465 e. The Bertz CT molecular complexity index is 413. The van der Waals surface area contributed by atoms with Gasteiger partial charge in [0.25, 0.3) is 5.91 Å². The molecule has 1 aliphatic heterocycles. The Balaban J connectivity index is 2.17. The molecule has 3 N–H and O–H groups in total. The Morgan fingerprint density at radius 2 is 1.90 bits per heavy atom. The van der Waals surface area contributed by atoms with Gasteiger partial charge < -0.3 is 10.0 Å². The highest BCUT2D eigenvalue weighted by atomic mass is 16.4. The van der Waals surface area contributed by atoms with Gasteiger partial charge in [0, 0.05) is 24.5 Å². The Morgan fingerprint density at radius 1 is 1.29 bits per heavy atom. The number of hydrogen-bond donors (Lipinski definition) is 3. The highest BCUT2D eigenvalue weighted by molar-refractivity contribution is 5.91. The minimum atomic E-state index is -1.18. The van der Waals surface area contributed by atoms with Crippen molar-refractivity contribution < 1.29 is 14.7 Å². The van der Waals surface area contributed by atoms with Crippen molar-refractivity contribution in [2.45, 2.75) is 76.5 Å². The second-order valence-electron chi connectivity index (χ2n) is 7.25. The van der Waals surface area contributed by atoms with Crippen LogP contribution in [0, 0.1) is 0 Å². The first-order chi connectivity index (χ1) is 9.73. The molecule has 120 valence electrons. The van der Waals surface area contributed by atoms with Crippen LogP contribution in [0.2, 0.25) is 0 Å². The first-order valence-electron chi connectivity index (χ1n) is 7.85. The molecular weight excluding hydrogens is 270 g/mol. The summed E-state index contributed by atoms with van der Waals surface area (Å²) in [5, 5.41) is 14.8. The fraction of sp³-hybridized carbons (Fsp3) is 0.867. The summed E-state index contributed by atoms with van der Waals surface area (Å²) in [6.07, 6.45) is 4.92. The Morgan fingerprint density at radius 3 is 2.43 bits per heavy atom. The highest BCUT2D eigenvalue weighted by Crippen LogP contribution is 2.30. The van der Waals surface area contributed by atoms with Crippen LogP contribution in [0.5, 0.6) is 0 Å². The monoisotopic (exact) mass is 297 g/mol. The lowest BCUT2D eigenvalue weighted by Gasteiger charge is -2.37. The van der Waals surface area contributed by atoms with Gasteiger partial charge in [0.05, 0.1) is 0 Å². The summed E-state index contributed by atoms with van der Waals surface area (Å²) in [7, 11) is 0. The van der Waals surface area contributed by atoms with Crippen LogP contribution in [0.3, 0.4) is 0 Å². The van der Waals surface area contributed by atoms with E-state index in [1.807, 2.05) is 25.7 Å². The van der Waals surface area contributed by atoms with E-state index in [4.69, 9.17) is 5.11 Å². The maximum atomic E-state index is 12.9. The van der Waals surface area contributed by atoms with Crippen molar-refractivity contribution in [3.05, 3.63) is 0 Å². The molecule has 2 fully saturated rings. The number of carbonyl (C=O) groups excluding carboxylic acids is 1. The van der Waals surface area contributed by atoms with Gasteiger partial charge in [-0.2, -0.15) is 0 Å². The molecule has 6 heteroatoms. The summed E-state index contributed by atoms with van der Waals surface area (Å²) >= 11 is 0. The zero-order chi connectivity index (χ0) is 15.7. The van der Waals surface area contributed by atoms with Gasteiger partial charge in [0.1, 0.15) is 0 Å². The lowest BCUT2D eigenvalue weighted by molar-refractivity contribution is -0.137. The molecule has 0 bridgehead atoms. The number of hydrogen-bond acceptors (Lipinski definition) is 3. The van der Waals surface area contributed by atoms with E-state index in [1.165, 1.54) is 6.42 Å². The second kappa shape index (κ2) is 5.83. The molecule has 0 spiro atoms. The maximum absolute atomic E-state index is 12.9. The molecule has 0 aromatic carbocycles. The van der Waals surface area contributed by atoms with Crippen LogP contribution in [0.1, 0.15) is 59.3 Å². The lowest BCUT2D eigenvalue weighted by Crippen LogP contribution is -2.67. The molecule has 1 unspecified atom stereocenters. The minimum absolute atomic E-state index is 0.119. The summed E-state index contributed by atoms with van der Waals surface area (Å²) in [4.78, 5) is 25.9. The molecule has 0 aromatic rings. The molecule has 1 saturated carbocycles. The zero-order valence-electron chi connectivity index (χ0n) is 13.2. The number of nitrogens with zero attached hydrogens (tertiary/aromatic N) is 1. The average Bonchev–Trinajstić information content (AvgIpc) is 2.65. The molecule has 0 radical (unpaired) electrons. The fourth-order valence-corrected chi connectivity index (χ4v) is 3.57. The van der Waals surface area contributed by atoms with Crippen LogP contribution in [-0.2, 0) is 4.79 Å². The minimum Gasteiger partial charge on any atom is -0.465 e. The van der Waals surface area contributed by atoms with Crippen LogP contribution in [-0.4, -0.2) is 45.8 Å². The van der Waals surface area contributed by atoms with Gasteiger partial charge in [-0.25, -0.2) is 4.79 Å². The second-order valence-corrected chi connectivity index (χ2v) is 7.25. The normalized spacial score (nSPS) is 28.0. The molecule has 2 amide bonds. The van der Waals surface area contributed by atoms with Crippen molar-refractivity contribution >= 4 is 12.0 Å². The predicted octanol–water partition coefficient (Wildman–Crippen LogP) is 1.90. The molecule has 1 saturated heterocycles. The van der Waals surface area contributed by atoms with Gasteiger partial charge in [-0.1, -0.05) is 19.3 Å². The standard InChI is InChI=1S/C15H27N3O3/c1-14(2,3)17-15(16-13(20)21)9-10-18(12(15)19)11-7-5-4-6-8-11/h11,16-17H,4-10H2,1-3H3,(H,20,21). The van der Waals surface area contributed by atoms with Gasteiger partial charge in [-0.15, -0.1) is 0 Å². The quantitative estimate of drug-likeness (QED) is 0.695. The first kappa shape index (κ1) is 16.1. The number of carboxylic acid groups (broad SMARTS) is 1. The zero-order valence-corrected chi connectivity index (χ0v) is 13.2. The van der Waals surface area contributed by atoms with Gasteiger partial charge in [-0.3, -0.25) is 15.4 Å². The summed E-state index contributed by atoms with van der Waals surface area (Å²) in [5.74, 6) is -0.119. The van der Waals surface area contributed by atoms with Gasteiger partial charge >= 0.3 is 6.09 Å².